The molecule has 0 aromatic heterocycles. The fraction of sp³-hybridized carbons (Fsp3) is 0.769. The first-order valence-electron chi connectivity index (χ1n) is 13.1. The van der Waals surface area contributed by atoms with Gasteiger partial charge in [-0.1, -0.05) is 48.1 Å². The Hall–Kier alpha value is -1.51. The molecule has 0 atom stereocenters. The Bertz CT molecular complexity index is 563. The van der Waals surface area contributed by atoms with E-state index in [-0.39, 0.29) is 11.8 Å². The number of carbonyl (C=O) groups is 2. The third-order valence-corrected chi connectivity index (χ3v) is 5.58. The summed E-state index contributed by atoms with van der Waals surface area (Å²) >= 11 is 0. The fourth-order valence-corrected chi connectivity index (χ4v) is 3.38. The molecule has 0 aliphatic heterocycles. The first kappa shape index (κ1) is 39.0. The SMILES string of the molecule is C=CC(=O)NCCC[N+](C)(C)CCCCC.C=CC(=O)NCCC[N+](C)(C)CCCCC.O=[PH]([O-])[O-]. The van der Waals surface area contributed by atoms with Gasteiger partial charge in [-0.25, -0.2) is 0 Å². The lowest BCUT2D eigenvalue weighted by Crippen LogP contribution is -2.42. The van der Waals surface area contributed by atoms with Gasteiger partial charge in [0.25, 0.3) is 0 Å². The van der Waals surface area contributed by atoms with E-state index in [2.05, 4.69) is 65.8 Å². The van der Waals surface area contributed by atoms with E-state index in [1.807, 2.05) is 0 Å². The van der Waals surface area contributed by atoms with Crippen LogP contribution in [0.3, 0.4) is 0 Å². The van der Waals surface area contributed by atoms with Crippen LogP contribution in [0.5, 0.6) is 0 Å². The summed E-state index contributed by atoms with van der Waals surface area (Å²) in [5.41, 5.74) is 0. The molecular weight excluding hydrogens is 479 g/mol. The predicted molar refractivity (Wildman–Crippen MR) is 147 cm³/mol. The van der Waals surface area contributed by atoms with E-state index in [4.69, 9.17) is 14.4 Å². The summed E-state index contributed by atoms with van der Waals surface area (Å²) in [6.07, 6.45) is 12.5. The highest BCUT2D eigenvalue weighted by Gasteiger charge is 2.14. The second-order valence-corrected chi connectivity index (χ2v) is 10.6. The van der Waals surface area contributed by atoms with Crippen LogP contribution in [0.2, 0.25) is 0 Å². The summed E-state index contributed by atoms with van der Waals surface area (Å²) in [6, 6.07) is 0. The number of nitrogens with one attached hydrogen (secondary N) is 2. The number of quaternary nitrogens is 2. The molecule has 0 heterocycles. The maximum atomic E-state index is 10.9. The third-order valence-electron chi connectivity index (χ3n) is 5.58. The van der Waals surface area contributed by atoms with Crippen molar-refractivity contribution in [3.05, 3.63) is 25.3 Å². The van der Waals surface area contributed by atoms with E-state index < -0.39 is 8.25 Å². The lowest BCUT2D eigenvalue weighted by molar-refractivity contribution is -0.890. The lowest BCUT2D eigenvalue weighted by atomic mass is 10.2. The monoisotopic (exact) mass is 534 g/mol. The summed E-state index contributed by atoms with van der Waals surface area (Å²) < 4.78 is 10.6. The molecule has 2 N–H and O–H groups in total. The van der Waals surface area contributed by atoms with E-state index in [9.17, 15) is 9.59 Å². The highest BCUT2D eigenvalue weighted by molar-refractivity contribution is 7.27. The number of hydrogen-bond acceptors (Lipinski definition) is 5. The van der Waals surface area contributed by atoms with Crippen molar-refractivity contribution < 1.29 is 32.9 Å². The molecular formula is C26H55N4O5P. The minimum absolute atomic E-state index is 0.0729. The molecule has 0 aliphatic carbocycles. The van der Waals surface area contributed by atoms with Crippen molar-refractivity contribution in [1.29, 1.82) is 0 Å². The van der Waals surface area contributed by atoms with Crippen LogP contribution in [0.15, 0.2) is 25.3 Å². The highest BCUT2D eigenvalue weighted by atomic mass is 31.1. The molecule has 0 spiro atoms. The Balaban J connectivity index is -0.000000526. The van der Waals surface area contributed by atoms with Gasteiger partial charge in [0.05, 0.1) is 54.4 Å². The van der Waals surface area contributed by atoms with Crippen molar-refractivity contribution in [3.8, 4) is 0 Å². The standard InChI is InChI=1S/2C13H26N2O.H3O3P/c2*1-5-7-8-11-15(3,4)12-9-10-14-13(16)6-2;1-4(2)3/h2*6H,2,5,7-12H2,1,3-4H3;4H,(H2,1,2,3). The molecule has 0 aromatic carbocycles. The Morgan fingerprint density at radius 2 is 0.972 bits per heavy atom. The number of unbranched alkanes of at least 4 members (excludes halogenated alkanes) is 4. The zero-order valence-corrected chi connectivity index (χ0v) is 24.9. The second kappa shape index (κ2) is 25.2. The molecule has 0 fully saturated rings. The Morgan fingerprint density at radius 1 is 0.694 bits per heavy atom. The van der Waals surface area contributed by atoms with Gasteiger partial charge in [-0.2, -0.15) is 0 Å². The Labute approximate surface area is 221 Å². The molecule has 0 unspecified atom stereocenters. The molecule has 0 saturated carbocycles. The average molecular weight is 535 g/mol. The van der Waals surface area contributed by atoms with Gasteiger partial charge in [-0.3, -0.25) is 9.59 Å². The van der Waals surface area contributed by atoms with E-state index >= 15 is 0 Å². The molecule has 0 bridgehead atoms. The van der Waals surface area contributed by atoms with Gasteiger partial charge in [-0.15, -0.1) is 0 Å². The molecule has 0 aliphatic rings. The smallest absolute Gasteiger partial charge is 0.243 e. The normalized spacial score (nSPS) is 10.9. The van der Waals surface area contributed by atoms with Crippen LogP contribution in [0.1, 0.15) is 65.2 Å². The van der Waals surface area contributed by atoms with Crippen LogP contribution in [-0.4, -0.2) is 88.2 Å². The van der Waals surface area contributed by atoms with Crippen molar-refractivity contribution in [2.75, 3.05) is 67.5 Å². The Morgan fingerprint density at radius 3 is 1.22 bits per heavy atom. The zero-order chi connectivity index (χ0) is 28.5. The molecule has 2 amide bonds. The number of hydrogen-bond donors (Lipinski definition) is 2. The molecule has 36 heavy (non-hydrogen) atoms. The van der Waals surface area contributed by atoms with E-state index in [1.54, 1.807) is 0 Å². The number of carbonyl (C=O) groups excluding carboxylic acids is 2. The number of amides is 2. The maximum Gasteiger partial charge on any atom is 0.243 e. The minimum atomic E-state index is -3.63. The highest BCUT2D eigenvalue weighted by Crippen LogP contribution is 2.05. The quantitative estimate of drug-likeness (QED) is 0.121. The zero-order valence-electron chi connectivity index (χ0n) is 23.9. The van der Waals surface area contributed by atoms with Gasteiger partial charge >= 0.3 is 0 Å². The van der Waals surface area contributed by atoms with Gasteiger partial charge in [0.2, 0.25) is 11.8 Å². The van der Waals surface area contributed by atoms with Crippen LogP contribution < -0.4 is 20.4 Å². The third kappa shape index (κ3) is 34.7. The number of rotatable bonds is 18. The van der Waals surface area contributed by atoms with Crippen molar-refractivity contribution in [1.82, 2.24) is 10.6 Å². The lowest BCUT2D eigenvalue weighted by Gasteiger charge is -2.29. The topological polar surface area (TPSA) is 121 Å². The van der Waals surface area contributed by atoms with Gasteiger partial charge in [-0.05, 0) is 37.8 Å². The molecule has 0 saturated heterocycles. The van der Waals surface area contributed by atoms with Gasteiger partial charge in [0.1, 0.15) is 0 Å². The van der Waals surface area contributed by atoms with Crippen LogP contribution in [0, 0.1) is 0 Å². The molecule has 10 heteroatoms. The molecule has 0 radical (unpaired) electrons. The largest absolute Gasteiger partial charge is 0.813 e. The number of nitrogens with zero attached hydrogens (tertiary/aromatic N) is 2. The molecule has 0 rings (SSSR count). The molecule has 9 nitrogen and oxygen atoms in total. The first-order valence-corrected chi connectivity index (χ1v) is 14.3. The fourth-order valence-electron chi connectivity index (χ4n) is 3.38. The van der Waals surface area contributed by atoms with Crippen molar-refractivity contribution >= 4 is 20.1 Å². The van der Waals surface area contributed by atoms with Crippen LogP contribution in [0.4, 0.5) is 0 Å². The summed E-state index contributed by atoms with van der Waals surface area (Å²) in [7, 11) is 5.39. The van der Waals surface area contributed by atoms with E-state index in [0.29, 0.717) is 0 Å². The Kier molecular flexibility index (Phi) is 27.3. The van der Waals surface area contributed by atoms with E-state index in [1.165, 1.54) is 63.8 Å². The van der Waals surface area contributed by atoms with Gasteiger partial charge < -0.3 is 34.0 Å². The molecule has 0 aromatic rings. The van der Waals surface area contributed by atoms with Crippen molar-refractivity contribution in [2.45, 2.75) is 65.2 Å². The van der Waals surface area contributed by atoms with E-state index in [0.717, 1.165) is 48.0 Å². The predicted octanol–water partition coefficient (Wildman–Crippen LogP) is 1.99. The van der Waals surface area contributed by atoms with Crippen molar-refractivity contribution in [2.24, 2.45) is 0 Å². The van der Waals surface area contributed by atoms with Gasteiger partial charge in [0, 0.05) is 25.9 Å². The minimum Gasteiger partial charge on any atom is -0.813 e. The summed E-state index contributed by atoms with van der Waals surface area (Å²) in [5, 5.41) is 5.61. The van der Waals surface area contributed by atoms with Crippen LogP contribution in [0.25, 0.3) is 0 Å². The summed E-state index contributed by atoms with van der Waals surface area (Å²) in [5.74, 6) is -0.146. The first-order chi connectivity index (χ1) is 16.8. The average Bonchev–Trinajstić information content (AvgIpc) is 2.79. The van der Waals surface area contributed by atoms with Gasteiger partial charge in [0.15, 0.2) is 0 Å². The second-order valence-electron chi connectivity index (χ2n) is 10.1. The summed E-state index contributed by atoms with van der Waals surface area (Å²) in [4.78, 5) is 38.9. The van der Waals surface area contributed by atoms with Crippen LogP contribution >= 0.6 is 8.25 Å². The maximum absolute atomic E-state index is 10.9. The molecule has 214 valence electrons. The van der Waals surface area contributed by atoms with Crippen molar-refractivity contribution in [3.63, 3.8) is 0 Å². The van der Waals surface area contributed by atoms with Crippen LogP contribution in [-0.2, 0) is 14.2 Å². The summed E-state index contributed by atoms with van der Waals surface area (Å²) in [6.45, 7) is 17.5.